The summed E-state index contributed by atoms with van der Waals surface area (Å²) in [6, 6.07) is 13.4. The van der Waals surface area contributed by atoms with Crippen LogP contribution in [0.4, 0.5) is 0 Å². The van der Waals surface area contributed by atoms with Gasteiger partial charge in [0.2, 0.25) is 0 Å². The van der Waals surface area contributed by atoms with Gasteiger partial charge in [-0.25, -0.2) is 4.98 Å². The molecule has 2 unspecified atom stereocenters. The molecule has 2 aliphatic rings. The minimum absolute atomic E-state index is 0.107. The third kappa shape index (κ3) is 2.90. The fraction of sp³-hybridized carbons (Fsp3) is 0.304. The van der Waals surface area contributed by atoms with Crippen molar-refractivity contribution in [2.75, 3.05) is 7.11 Å². The molecule has 1 aliphatic heterocycles. The first-order chi connectivity index (χ1) is 13.7. The Hall–Kier alpha value is -2.66. The first kappa shape index (κ1) is 17.4. The van der Waals surface area contributed by atoms with E-state index in [1.807, 2.05) is 11.7 Å². The average Bonchev–Trinajstić information content (AvgIpc) is 3.20. The van der Waals surface area contributed by atoms with Gasteiger partial charge in [0.25, 0.3) is 0 Å². The molecule has 5 heteroatoms. The lowest BCUT2D eigenvalue weighted by molar-refractivity contribution is 0.216. The zero-order chi connectivity index (χ0) is 19.1. The number of allylic oxidation sites excluding steroid dienone is 1. The van der Waals surface area contributed by atoms with Gasteiger partial charge in [-0.2, -0.15) is 0 Å². The van der Waals surface area contributed by atoms with Crippen LogP contribution in [0.5, 0.6) is 5.75 Å². The van der Waals surface area contributed by atoms with E-state index < -0.39 is 0 Å². The second-order valence-electron chi connectivity index (χ2n) is 7.40. The Morgan fingerprint density at radius 3 is 3.00 bits per heavy atom. The molecule has 0 N–H and O–H groups in total. The molecule has 4 nitrogen and oxygen atoms in total. The highest BCUT2D eigenvalue weighted by atomic mass is 32.1. The maximum Gasteiger partial charge on any atom is 0.119 e. The van der Waals surface area contributed by atoms with Crippen molar-refractivity contribution >= 4 is 33.5 Å². The van der Waals surface area contributed by atoms with Gasteiger partial charge in [0, 0.05) is 11.9 Å². The molecule has 142 valence electrons. The molecule has 0 saturated carbocycles. The Morgan fingerprint density at radius 2 is 2.11 bits per heavy atom. The Morgan fingerprint density at radius 1 is 1.18 bits per heavy atom. The summed E-state index contributed by atoms with van der Waals surface area (Å²) in [6.45, 7) is 2.19. The van der Waals surface area contributed by atoms with E-state index in [0.717, 1.165) is 24.1 Å². The lowest BCUT2D eigenvalue weighted by Gasteiger charge is -2.42. The van der Waals surface area contributed by atoms with Crippen LogP contribution in [-0.2, 0) is 6.42 Å². The van der Waals surface area contributed by atoms with Gasteiger partial charge in [-0.15, -0.1) is 11.3 Å². The van der Waals surface area contributed by atoms with E-state index in [1.165, 1.54) is 33.5 Å². The molecular weight excluding hydrogens is 366 g/mol. The molecule has 0 radical (unpaired) electrons. The van der Waals surface area contributed by atoms with E-state index in [0.29, 0.717) is 6.04 Å². The van der Waals surface area contributed by atoms with Crippen LogP contribution < -0.4 is 4.74 Å². The van der Waals surface area contributed by atoms with E-state index in [1.54, 1.807) is 18.4 Å². The second-order valence-corrected chi connectivity index (χ2v) is 8.28. The van der Waals surface area contributed by atoms with Gasteiger partial charge in [-0.05, 0) is 73.2 Å². The normalized spacial score (nSPS) is 21.5. The van der Waals surface area contributed by atoms with Gasteiger partial charge in [0.05, 0.1) is 28.9 Å². The number of thiazole rings is 1. The van der Waals surface area contributed by atoms with Crippen molar-refractivity contribution < 1.29 is 4.74 Å². The lowest BCUT2D eigenvalue weighted by atomic mass is 9.85. The highest BCUT2D eigenvalue weighted by Crippen LogP contribution is 2.42. The monoisotopic (exact) mass is 389 g/mol. The Balaban J connectivity index is 1.58. The zero-order valence-corrected chi connectivity index (χ0v) is 16.9. The summed E-state index contributed by atoms with van der Waals surface area (Å²) in [6.07, 6.45) is 7.64. The number of aromatic nitrogens is 1. The maximum absolute atomic E-state index is 5.45. The zero-order valence-electron chi connectivity index (χ0n) is 16.1. The molecule has 5 rings (SSSR count). The van der Waals surface area contributed by atoms with Crippen LogP contribution in [0, 0.1) is 0 Å². The van der Waals surface area contributed by atoms with Gasteiger partial charge < -0.3 is 9.64 Å². The number of nitrogens with zero attached hydrogens (tertiary/aromatic N) is 3. The quantitative estimate of drug-likeness (QED) is 0.597. The van der Waals surface area contributed by atoms with Gasteiger partial charge >= 0.3 is 0 Å². The summed E-state index contributed by atoms with van der Waals surface area (Å²) in [5, 5.41) is 0. The first-order valence-corrected chi connectivity index (χ1v) is 10.6. The number of methoxy groups -OCH3 is 1. The van der Waals surface area contributed by atoms with Gasteiger partial charge in [-0.1, -0.05) is 12.1 Å². The van der Waals surface area contributed by atoms with Crippen LogP contribution in [0.15, 0.2) is 53.0 Å². The predicted octanol–water partition coefficient (Wildman–Crippen LogP) is 5.46. The molecule has 0 saturated heterocycles. The molecular formula is C23H23N3OS. The summed E-state index contributed by atoms with van der Waals surface area (Å²) in [4.78, 5) is 11.6. The van der Waals surface area contributed by atoms with Crippen LogP contribution >= 0.6 is 11.3 Å². The first-order valence-electron chi connectivity index (χ1n) is 9.77. The minimum atomic E-state index is 0.107. The SMILES string of the molecule is COc1ccc2c(c1)CCCC2N1C(c2ccc3ncsc3c2)=CC=NC1C. The molecule has 0 amide bonds. The van der Waals surface area contributed by atoms with Crippen molar-refractivity contribution in [1.82, 2.24) is 9.88 Å². The summed E-state index contributed by atoms with van der Waals surface area (Å²) >= 11 is 1.69. The fourth-order valence-electron chi connectivity index (χ4n) is 4.47. The third-order valence-corrected chi connectivity index (χ3v) is 6.60. The molecule has 0 spiro atoms. The highest BCUT2D eigenvalue weighted by Gasteiger charge is 2.32. The number of hydrogen-bond donors (Lipinski definition) is 0. The standard InChI is InChI=1S/C23H23N3OS/c1-15-24-11-10-21(17-6-9-20-23(13-17)28-14-25-20)26(15)22-5-3-4-16-12-18(27-2)7-8-19(16)22/h6-15,22H,3-5H2,1-2H3. The highest BCUT2D eigenvalue weighted by molar-refractivity contribution is 7.16. The van der Waals surface area contributed by atoms with Crippen molar-refractivity contribution in [2.45, 2.75) is 38.4 Å². The topological polar surface area (TPSA) is 37.7 Å². The molecule has 3 aromatic rings. The smallest absolute Gasteiger partial charge is 0.119 e. The number of benzene rings is 2. The van der Waals surface area contributed by atoms with Crippen molar-refractivity contribution in [3.8, 4) is 5.75 Å². The minimum Gasteiger partial charge on any atom is -0.497 e. The Bertz CT molecular complexity index is 1080. The van der Waals surface area contributed by atoms with E-state index in [4.69, 9.17) is 9.73 Å². The number of aryl methyl sites for hydroxylation is 1. The van der Waals surface area contributed by atoms with Crippen molar-refractivity contribution in [2.24, 2.45) is 4.99 Å². The largest absolute Gasteiger partial charge is 0.497 e. The number of rotatable bonds is 3. The third-order valence-electron chi connectivity index (χ3n) is 5.81. The van der Waals surface area contributed by atoms with Crippen LogP contribution in [0.2, 0.25) is 0 Å². The predicted molar refractivity (Wildman–Crippen MR) is 116 cm³/mol. The van der Waals surface area contributed by atoms with E-state index in [9.17, 15) is 0 Å². The van der Waals surface area contributed by atoms with E-state index >= 15 is 0 Å². The summed E-state index contributed by atoms with van der Waals surface area (Å²) in [5.74, 6) is 0.940. The molecule has 1 aromatic heterocycles. The molecule has 28 heavy (non-hydrogen) atoms. The molecule has 0 fully saturated rings. The van der Waals surface area contributed by atoms with Crippen LogP contribution in [-0.4, -0.2) is 29.4 Å². The van der Waals surface area contributed by atoms with E-state index in [2.05, 4.69) is 59.3 Å². The number of fused-ring (bicyclic) bond motifs is 2. The maximum atomic E-state index is 5.45. The van der Waals surface area contributed by atoms with Crippen molar-refractivity contribution in [3.63, 3.8) is 0 Å². The van der Waals surface area contributed by atoms with Crippen LogP contribution in [0.25, 0.3) is 15.9 Å². The van der Waals surface area contributed by atoms with Gasteiger partial charge in [0.1, 0.15) is 11.9 Å². The molecule has 2 atom stereocenters. The van der Waals surface area contributed by atoms with Crippen LogP contribution in [0.3, 0.4) is 0 Å². The second kappa shape index (κ2) is 7.06. The fourth-order valence-corrected chi connectivity index (χ4v) is 5.18. The summed E-state index contributed by atoms with van der Waals surface area (Å²) in [5.41, 5.74) is 8.25. The summed E-state index contributed by atoms with van der Waals surface area (Å²) < 4.78 is 6.68. The Kier molecular flexibility index (Phi) is 4.40. The van der Waals surface area contributed by atoms with Gasteiger partial charge in [-0.3, -0.25) is 4.99 Å². The molecule has 1 aliphatic carbocycles. The molecule has 2 aromatic carbocycles. The molecule has 0 bridgehead atoms. The number of aliphatic imine (C=N–C) groups is 1. The molecule has 2 heterocycles. The Labute approximate surface area is 169 Å². The average molecular weight is 390 g/mol. The van der Waals surface area contributed by atoms with Crippen molar-refractivity contribution in [3.05, 3.63) is 64.7 Å². The van der Waals surface area contributed by atoms with E-state index in [-0.39, 0.29) is 6.17 Å². The lowest BCUT2D eigenvalue weighted by Crippen LogP contribution is -2.37. The van der Waals surface area contributed by atoms with Crippen molar-refractivity contribution in [1.29, 1.82) is 0 Å². The van der Waals surface area contributed by atoms with Gasteiger partial charge in [0.15, 0.2) is 0 Å². The number of hydrogen-bond acceptors (Lipinski definition) is 5. The number of ether oxygens (including phenoxy) is 1. The van der Waals surface area contributed by atoms with Crippen LogP contribution in [0.1, 0.15) is 42.5 Å². The summed E-state index contributed by atoms with van der Waals surface area (Å²) in [7, 11) is 1.74.